The first-order valence-corrected chi connectivity index (χ1v) is 8.23. The summed E-state index contributed by atoms with van der Waals surface area (Å²) < 4.78 is 0. The minimum atomic E-state index is -1.00. The maximum absolute atomic E-state index is 12.1. The Kier molecular flexibility index (Phi) is 5.53. The quantitative estimate of drug-likeness (QED) is 0.820. The zero-order valence-electron chi connectivity index (χ0n) is 12.3. The molecule has 0 radical (unpaired) electrons. The number of amides is 1. The first kappa shape index (κ1) is 16.6. The average molecular weight is 329 g/mol. The molecule has 1 fully saturated rings. The Labute approximate surface area is 136 Å². The third-order valence-corrected chi connectivity index (χ3v) is 5.15. The van der Waals surface area contributed by atoms with E-state index in [-0.39, 0.29) is 6.04 Å². The molecule has 0 saturated heterocycles. The third kappa shape index (κ3) is 3.71. The Balaban J connectivity index is 2.31. The first-order chi connectivity index (χ1) is 9.95. The lowest BCUT2D eigenvalue weighted by atomic mass is 9.89. The maximum atomic E-state index is 12.1. The van der Waals surface area contributed by atoms with Crippen LogP contribution in [0.4, 0.5) is 0 Å². The molecule has 0 spiro atoms. The molecule has 21 heavy (non-hydrogen) atoms. The van der Waals surface area contributed by atoms with Crippen LogP contribution in [0.1, 0.15) is 51.0 Å². The van der Waals surface area contributed by atoms with Crippen molar-refractivity contribution in [3.05, 3.63) is 33.8 Å². The van der Waals surface area contributed by atoms with E-state index in [1.807, 2.05) is 6.07 Å². The molecule has 1 atom stereocenters. The lowest BCUT2D eigenvalue weighted by Crippen LogP contribution is -2.54. The summed E-state index contributed by atoms with van der Waals surface area (Å²) in [6.45, 7) is 1.79. The first-order valence-electron chi connectivity index (χ1n) is 7.47. The number of primary amides is 1. The second-order valence-electron chi connectivity index (χ2n) is 5.92. The Hall–Kier alpha value is -0.770. The highest BCUT2D eigenvalue weighted by atomic mass is 35.5. The van der Waals surface area contributed by atoms with Gasteiger partial charge < -0.3 is 5.73 Å². The van der Waals surface area contributed by atoms with E-state index in [0.29, 0.717) is 15.6 Å². The molecule has 2 rings (SSSR count). The highest BCUT2D eigenvalue weighted by Gasteiger charge is 2.37. The summed E-state index contributed by atoms with van der Waals surface area (Å²) in [6, 6.07) is 5.59. The summed E-state index contributed by atoms with van der Waals surface area (Å²) in [7, 11) is 0. The van der Waals surface area contributed by atoms with Gasteiger partial charge in [0.15, 0.2) is 0 Å². The van der Waals surface area contributed by atoms with E-state index in [0.717, 1.165) is 12.8 Å². The van der Waals surface area contributed by atoms with Gasteiger partial charge >= 0.3 is 0 Å². The van der Waals surface area contributed by atoms with Crippen molar-refractivity contribution < 1.29 is 4.79 Å². The molecular weight excluding hydrogens is 307 g/mol. The summed E-state index contributed by atoms with van der Waals surface area (Å²) >= 11 is 12.4. The Morgan fingerprint density at radius 1 is 1.24 bits per heavy atom. The van der Waals surface area contributed by atoms with Crippen LogP contribution in [0, 0.1) is 0 Å². The van der Waals surface area contributed by atoms with Crippen LogP contribution in [0.15, 0.2) is 18.2 Å². The van der Waals surface area contributed by atoms with Gasteiger partial charge in [0.25, 0.3) is 0 Å². The van der Waals surface area contributed by atoms with Gasteiger partial charge in [0.2, 0.25) is 5.91 Å². The predicted molar refractivity (Wildman–Crippen MR) is 87.6 cm³/mol. The number of carbonyl (C=O) groups excluding carboxylic acids is 1. The molecule has 5 heteroatoms. The largest absolute Gasteiger partial charge is 0.368 e. The van der Waals surface area contributed by atoms with Crippen molar-refractivity contribution in [2.45, 2.75) is 57.0 Å². The van der Waals surface area contributed by atoms with Gasteiger partial charge in [-0.15, -0.1) is 0 Å². The Bertz CT molecular complexity index is 513. The summed E-state index contributed by atoms with van der Waals surface area (Å²) in [5.41, 5.74) is 5.32. The molecule has 1 aromatic carbocycles. The molecule has 1 aromatic rings. The van der Waals surface area contributed by atoms with Gasteiger partial charge in [0.1, 0.15) is 5.54 Å². The highest BCUT2D eigenvalue weighted by molar-refractivity contribution is 6.42. The molecule has 3 N–H and O–H groups in total. The topological polar surface area (TPSA) is 55.1 Å². The van der Waals surface area contributed by atoms with Gasteiger partial charge in [0, 0.05) is 11.6 Å². The van der Waals surface area contributed by atoms with Crippen molar-refractivity contribution in [2.75, 3.05) is 0 Å². The predicted octanol–water partition coefficient (Wildman–Crippen LogP) is 4.01. The fourth-order valence-electron chi connectivity index (χ4n) is 3.00. The van der Waals surface area contributed by atoms with E-state index in [1.54, 1.807) is 19.1 Å². The van der Waals surface area contributed by atoms with Gasteiger partial charge in [-0.2, -0.15) is 0 Å². The molecule has 0 bridgehead atoms. The van der Waals surface area contributed by atoms with Crippen LogP contribution >= 0.6 is 23.2 Å². The number of benzene rings is 1. The second-order valence-corrected chi connectivity index (χ2v) is 6.71. The van der Waals surface area contributed by atoms with E-state index >= 15 is 0 Å². The van der Waals surface area contributed by atoms with Crippen molar-refractivity contribution in [3.8, 4) is 0 Å². The molecule has 1 amide bonds. The van der Waals surface area contributed by atoms with Gasteiger partial charge in [-0.1, -0.05) is 61.0 Å². The Morgan fingerprint density at radius 2 is 1.86 bits per heavy atom. The maximum Gasteiger partial charge on any atom is 0.242 e. The molecule has 116 valence electrons. The van der Waals surface area contributed by atoms with Crippen LogP contribution < -0.4 is 11.1 Å². The van der Waals surface area contributed by atoms with Crippen molar-refractivity contribution in [3.63, 3.8) is 0 Å². The van der Waals surface area contributed by atoms with Gasteiger partial charge in [-0.3, -0.25) is 10.1 Å². The molecule has 0 aliphatic heterocycles. The standard InChI is InChI=1S/C16H22Cl2N2O/c1-16(15(19)21,12-9-6-10-13(17)14(12)18)20-11-7-4-2-3-5-8-11/h6,9-11,20H,2-5,7-8H2,1H3,(H2,19,21). The summed E-state index contributed by atoms with van der Waals surface area (Å²) in [5.74, 6) is -0.434. The van der Waals surface area contributed by atoms with Crippen LogP contribution in [0.3, 0.4) is 0 Å². The van der Waals surface area contributed by atoms with Gasteiger partial charge in [-0.05, 0) is 25.8 Å². The van der Waals surface area contributed by atoms with Gasteiger partial charge in [0.05, 0.1) is 10.0 Å². The van der Waals surface area contributed by atoms with Crippen molar-refractivity contribution >= 4 is 29.1 Å². The van der Waals surface area contributed by atoms with Crippen molar-refractivity contribution in [1.82, 2.24) is 5.32 Å². The van der Waals surface area contributed by atoms with Crippen LogP contribution in [0.5, 0.6) is 0 Å². The zero-order valence-corrected chi connectivity index (χ0v) is 13.8. The Morgan fingerprint density at radius 3 is 2.43 bits per heavy atom. The molecule has 1 aliphatic rings. The number of nitrogens with two attached hydrogens (primary N) is 1. The minimum absolute atomic E-state index is 0.278. The molecule has 1 saturated carbocycles. The molecule has 1 aliphatic carbocycles. The summed E-state index contributed by atoms with van der Waals surface area (Å²) in [6.07, 6.45) is 6.97. The molecular formula is C16H22Cl2N2O. The third-order valence-electron chi connectivity index (χ3n) is 4.33. The number of hydrogen-bond donors (Lipinski definition) is 2. The monoisotopic (exact) mass is 328 g/mol. The van der Waals surface area contributed by atoms with Crippen molar-refractivity contribution in [1.29, 1.82) is 0 Å². The zero-order chi connectivity index (χ0) is 15.5. The summed E-state index contributed by atoms with van der Waals surface area (Å²) in [5, 5.41) is 4.26. The number of halogens is 2. The van der Waals surface area contributed by atoms with Crippen LogP contribution in [-0.4, -0.2) is 11.9 Å². The number of rotatable bonds is 4. The van der Waals surface area contributed by atoms with E-state index in [9.17, 15) is 4.79 Å². The molecule has 3 nitrogen and oxygen atoms in total. The van der Waals surface area contributed by atoms with Crippen LogP contribution in [0.2, 0.25) is 10.0 Å². The van der Waals surface area contributed by atoms with Crippen LogP contribution in [-0.2, 0) is 10.3 Å². The average Bonchev–Trinajstić information content (AvgIpc) is 2.70. The van der Waals surface area contributed by atoms with E-state index in [4.69, 9.17) is 28.9 Å². The normalized spacial score (nSPS) is 19.8. The molecule has 1 unspecified atom stereocenters. The number of nitrogens with one attached hydrogen (secondary N) is 1. The second kappa shape index (κ2) is 6.99. The molecule has 0 heterocycles. The number of hydrogen-bond acceptors (Lipinski definition) is 2. The summed E-state index contributed by atoms with van der Waals surface area (Å²) in [4.78, 5) is 12.1. The van der Waals surface area contributed by atoms with E-state index < -0.39 is 11.4 Å². The van der Waals surface area contributed by atoms with E-state index in [1.165, 1.54) is 25.7 Å². The lowest BCUT2D eigenvalue weighted by molar-refractivity contribution is -0.124. The minimum Gasteiger partial charge on any atom is -0.368 e. The highest BCUT2D eigenvalue weighted by Crippen LogP contribution is 2.34. The SMILES string of the molecule is CC(NC1CCCCCC1)(C(N)=O)c1cccc(Cl)c1Cl. The lowest BCUT2D eigenvalue weighted by Gasteiger charge is -2.33. The fraction of sp³-hybridized carbons (Fsp3) is 0.562. The van der Waals surface area contributed by atoms with Crippen LogP contribution in [0.25, 0.3) is 0 Å². The fourth-order valence-corrected chi connectivity index (χ4v) is 3.49. The molecule has 0 aromatic heterocycles. The van der Waals surface area contributed by atoms with E-state index in [2.05, 4.69) is 5.32 Å². The number of carbonyl (C=O) groups is 1. The van der Waals surface area contributed by atoms with Gasteiger partial charge in [-0.25, -0.2) is 0 Å². The smallest absolute Gasteiger partial charge is 0.242 e. The van der Waals surface area contributed by atoms with Crippen molar-refractivity contribution in [2.24, 2.45) is 5.73 Å².